The van der Waals surface area contributed by atoms with E-state index in [9.17, 15) is 0 Å². The lowest BCUT2D eigenvalue weighted by atomic mass is 10.0. The third-order valence-electron chi connectivity index (χ3n) is 3.41. The fraction of sp³-hybridized carbons (Fsp3) is 0.692. The van der Waals surface area contributed by atoms with Crippen molar-refractivity contribution in [3.8, 4) is 0 Å². The normalized spacial score (nSPS) is 26.1. The Bertz CT molecular complexity index is 320. The summed E-state index contributed by atoms with van der Waals surface area (Å²) in [6.07, 6.45) is 6.56. The lowest BCUT2D eigenvalue weighted by Crippen LogP contribution is -2.19. The van der Waals surface area contributed by atoms with Gasteiger partial charge in [0, 0.05) is 6.04 Å². The fourth-order valence-corrected chi connectivity index (χ4v) is 2.32. The van der Waals surface area contributed by atoms with Crippen LogP contribution in [0, 0.1) is 12.8 Å². The van der Waals surface area contributed by atoms with E-state index in [0.717, 1.165) is 17.4 Å². The van der Waals surface area contributed by atoms with E-state index < -0.39 is 0 Å². The zero-order chi connectivity index (χ0) is 11.4. The Morgan fingerprint density at radius 2 is 2.00 bits per heavy atom. The van der Waals surface area contributed by atoms with Gasteiger partial charge in [-0.2, -0.15) is 5.10 Å². The highest BCUT2D eigenvalue weighted by Crippen LogP contribution is 2.24. The number of hydrogen-bond donors (Lipinski definition) is 1. The topological polar surface area (TPSA) is 37.8 Å². The molecule has 0 amide bonds. The summed E-state index contributed by atoms with van der Waals surface area (Å²) in [5.41, 5.74) is 0.972. The van der Waals surface area contributed by atoms with Gasteiger partial charge < -0.3 is 5.32 Å². The maximum atomic E-state index is 4.16. The molecule has 1 fully saturated rings. The predicted molar refractivity (Wildman–Crippen MR) is 66.4 cm³/mol. The molecule has 88 valence electrons. The van der Waals surface area contributed by atoms with E-state index in [1.807, 2.05) is 19.1 Å². The maximum absolute atomic E-state index is 4.16. The van der Waals surface area contributed by atoms with Crippen LogP contribution in [0.2, 0.25) is 0 Å². The van der Waals surface area contributed by atoms with Crippen LogP contribution in [0.25, 0.3) is 0 Å². The number of nitrogens with zero attached hydrogens (tertiary/aromatic N) is 2. The minimum Gasteiger partial charge on any atom is -0.366 e. The number of aryl methyl sites for hydroxylation is 1. The van der Waals surface area contributed by atoms with Crippen LogP contribution < -0.4 is 5.32 Å². The molecular weight excluding hydrogens is 198 g/mol. The summed E-state index contributed by atoms with van der Waals surface area (Å²) in [4.78, 5) is 0. The quantitative estimate of drug-likeness (QED) is 0.776. The first kappa shape index (κ1) is 11.4. The van der Waals surface area contributed by atoms with Crippen molar-refractivity contribution in [2.45, 2.75) is 52.0 Å². The van der Waals surface area contributed by atoms with Gasteiger partial charge in [-0.05, 0) is 44.2 Å². The molecule has 2 atom stereocenters. The zero-order valence-corrected chi connectivity index (χ0v) is 10.2. The second-order valence-electron chi connectivity index (χ2n) is 5.01. The molecule has 16 heavy (non-hydrogen) atoms. The minimum atomic E-state index is 0.585. The molecule has 0 saturated heterocycles. The molecule has 1 aromatic heterocycles. The highest BCUT2D eigenvalue weighted by Gasteiger charge is 2.16. The molecule has 1 aliphatic carbocycles. The fourth-order valence-electron chi connectivity index (χ4n) is 2.32. The number of rotatable bonds is 2. The van der Waals surface area contributed by atoms with Crippen molar-refractivity contribution in [3.05, 3.63) is 17.8 Å². The lowest BCUT2D eigenvalue weighted by molar-refractivity contribution is 0.501. The van der Waals surface area contributed by atoms with Crippen molar-refractivity contribution in [1.29, 1.82) is 0 Å². The first-order chi connectivity index (χ1) is 7.74. The zero-order valence-electron chi connectivity index (χ0n) is 10.2. The molecule has 0 aromatic carbocycles. The van der Waals surface area contributed by atoms with Gasteiger partial charge in [0.25, 0.3) is 0 Å². The van der Waals surface area contributed by atoms with E-state index in [-0.39, 0.29) is 0 Å². The molecule has 2 unspecified atom stereocenters. The first-order valence-corrected chi connectivity index (χ1v) is 6.31. The van der Waals surface area contributed by atoms with Crippen molar-refractivity contribution in [1.82, 2.24) is 10.2 Å². The summed E-state index contributed by atoms with van der Waals surface area (Å²) in [6, 6.07) is 4.62. The number of nitrogens with one attached hydrogen (secondary N) is 1. The molecule has 0 spiro atoms. The van der Waals surface area contributed by atoms with Crippen LogP contribution >= 0.6 is 0 Å². The number of aromatic nitrogens is 2. The van der Waals surface area contributed by atoms with E-state index in [4.69, 9.17) is 0 Å². The van der Waals surface area contributed by atoms with Crippen molar-refractivity contribution >= 4 is 5.82 Å². The van der Waals surface area contributed by atoms with Gasteiger partial charge >= 0.3 is 0 Å². The van der Waals surface area contributed by atoms with Gasteiger partial charge in [-0.15, -0.1) is 5.10 Å². The second kappa shape index (κ2) is 5.28. The Balaban J connectivity index is 1.91. The average Bonchev–Trinajstić information content (AvgIpc) is 2.47. The van der Waals surface area contributed by atoms with Crippen molar-refractivity contribution in [2.24, 2.45) is 5.92 Å². The predicted octanol–water partition coefficient (Wildman–Crippen LogP) is 3.17. The van der Waals surface area contributed by atoms with Gasteiger partial charge in [-0.3, -0.25) is 0 Å². The van der Waals surface area contributed by atoms with Gasteiger partial charge in [-0.25, -0.2) is 0 Å². The average molecular weight is 219 g/mol. The smallest absolute Gasteiger partial charge is 0.148 e. The van der Waals surface area contributed by atoms with Crippen molar-refractivity contribution in [2.75, 3.05) is 5.32 Å². The Labute approximate surface area is 97.7 Å². The molecule has 1 aliphatic rings. The van der Waals surface area contributed by atoms with E-state index in [1.54, 1.807) is 0 Å². The molecule has 1 aromatic rings. The standard InChI is InChI=1S/C13H21N3/c1-10-4-3-5-12(8-6-10)14-13-9-7-11(2)15-16-13/h7,9-10,12H,3-6,8H2,1-2H3,(H,14,16). The van der Waals surface area contributed by atoms with Crippen LogP contribution in [0.1, 0.15) is 44.7 Å². The van der Waals surface area contributed by atoms with Crippen LogP contribution in [0.15, 0.2) is 12.1 Å². The molecule has 0 aliphatic heterocycles. The highest BCUT2D eigenvalue weighted by atomic mass is 15.2. The van der Waals surface area contributed by atoms with E-state index in [1.165, 1.54) is 32.1 Å². The van der Waals surface area contributed by atoms with E-state index in [0.29, 0.717) is 6.04 Å². The Morgan fingerprint density at radius 3 is 2.75 bits per heavy atom. The van der Waals surface area contributed by atoms with Gasteiger partial charge in [0.2, 0.25) is 0 Å². The SMILES string of the molecule is Cc1ccc(NC2CCCC(C)CC2)nn1. The molecule has 3 heteroatoms. The van der Waals surface area contributed by atoms with Crippen molar-refractivity contribution < 1.29 is 0 Å². The van der Waals surface area contributed by atoms with Crippen molar-refractivity contribution in [3.63, 3.8) is 0 Å². The molecule has 3 nitrogen and oxygen atoms in total. The van der Waals surface area contributed by atoms with Gasteiger partial charge in [0.1, 0.15) is 5.82 Å². The van der Waals surface area contributed by atoms with E-state index in [2.05, 4.69) is 22.4 Å². The lowest BCUT2D eigenvalue weighted by Gasteiger charge is -2.16. The summed E-state index contributed by atoms with van der Waals surface area (Å²) in [5, 5.41) is 11.7. The molecular formula is C13H21N3. The minimum absolute atomic E-state index is 0.585. The van der Waals surface area contributed by atoms with Gasteiger partial charge in [0.05, 0.1) is 5.69 Å². The van der Waals surface area contributed by atoms with Crippen LogP contribution in [-0.2, 0) is 0 Å². The van der Waals surface area contributed by atoms with Crippen LogP contribution in [0.3, 0.4) is 0 Å². The molecule has 0 radical (unpaired) electrons. The summed E-state index contributed by atoms with van der Waals surface area (Å²) in [7, 11) is 0. The number of hydrogen-bond acceptors (Lipinski definition) is 3. The number of anilines is 1. The van der Waals surface area contributed by atoms with Crippen LogP contribution in [0.4, 0.5) is 5.82 Å². The maximum Gasteiger partial charge on any atom is 0.148 e. The van der Waals surface area contributed by atoms with Crippen LogP contribution in [-0.4, -0.2) is 16.2 Å². The Kier molecular flexibility index (Phi) is 3.75. The summed E-state index contributed by atoms with van der Waals surface area (Å²) in [6.45, 7) is 4.32. The molecule has 1 saturated carbocycles. The third-order valence-corrected chi connectivity index (χ3v) is 3.41. The summed E-state index contributed by atoms with van der Waals surface area (Å²) < 4.78 is 0. The Morgan fingerprint density at radius 1 is 1.12 bits per heavy atom. The molecule has 0 bridgehead atoms. The van der Waals surface area contributed by atoms with Gasteiger partial charge in [-0.1, -0.05) is 19.8 Å². The van der Waals surface area contributed by atoms with Gasteiger partial charge in [0.15, 0.2) is 0 Å². The molecule has 1 N–H and O–H groups in total. The monoisotopic (exact) mass is 219 g/mol. The summed E-state index contributed by atoms with van der Waals surface area (Å²) in [5.74, 6) is 1.81. The highest BCUT2D eigenvalue weighted by molar-refractivity contribution is 5.34. The third kappa shape index (κ3) is 3.19. The Hall–Kier alpha value is -1.12. The first-order valence-electron chi connectivity index (χ1n) is 6.31. The summed E-state index contributed by atoms with van der Waals surface area (Å²) >= 11 is 0. The van der Waals surface area contributed by atoms with Crippen LogP contribution in [0.5, 0.6) is 0 Å². The van der Waals surface area contributed by atoms with E-state index >= 15 is 0 Å². The molecule has 1 heterocycles. The second-order valence-corrected chi connectivity index (χ2v) is 5.01. The molecule has 2 rings (SSSR count). The largest absolute Gasteiger partial charge is 0.366 e.